The van der Waals surface area contributed by atoms with Crippen LogP contribution < -0.4 is 0 Å². The molecule has 0 unspecified atom stereocenters. The highest BCUT2D eigenvalue weighted by molar-refractivity contribution is 7.99. The van der Waals surface area contributed by atoms with Gasteiger partial charge in [-0.1, -0.05) is 66.4 Å². The van der Waals surface area contributed by atoms with Crippen molar-refractivity contribution in [1.29, 1.82) is 0 Å². The Bertz CT molecular complexity index is 1210. The summed E-state index contributed by atoms with van der Waals surface area (Å²) < 4.78 is 16.3. The number of Topliss-reactive ketones (excluding diaryl/α,β-unsaturated/α-hetero) is 1. The number of ketones is 1. The van der Waals surface area contributed by atoms with Gasteiger partial charge in [0.05, 0.1) is 11.3 Å². The molecule has 5 rings (SSSR count). The molecule has 4 aromatic rings. The van der Waals surface area contributed by atoms with Crippen molar-refractivity contribution in [2.45, 2.75) is 24.0 Å². The zero-order valence-electron chi connectivity index (χ0n) is 15.6. The first-order chi connectivity index (χ1) is 14.2. The normalized spacial score (nSPS) is 13.7. The van der Waals surface area contributed by atoms with E-state index in [1.807, 2.05) is 47.0 Å². The molecule has 144 valence electrons. The Morgan fingerprint density at radius 2 is 1.76 bits per heavy atom. The predicted molar refractivity (Wildman–Crippen MR) is 113 cm³/mol. The van der Waals surface area contributed by atoms with E-state index in [9.17, 15) is 9.18 Å². The summed E-state index contributed by atoms with van der Waals surface area (Å²) in [6.07, 6.45) is 2.04. The highest BCUT2D eigenvalue weighted by Crippen LogP contribution is 2.41. The highest BCUT2D eigenvalue weighted by atomic mass is 32.2. The number of thioether (sulfide) groups is 1. The minimum atomic E-state index is -0.315. The van der Waals surface area contributed by atoms with Crippen LogP contribution in [0.4, 0.5) is 4.39 Å². The molecule has 0 N–H and O–H groups in total. The Morgan fingerprint density at radius 1 is 1.00 bits per heavy atom. The summed E-state index contributed by atoms with van der Waals surface area (Å²) >= 11 is 1.37. The number of benzene rings is 3. The van der Waals surface area contributed by atoms with Crippen LogP contribution in [0.2, 0.25) is 0 Å². The summed E-state index contributed by atoms with van der Waals surface area (Å²) in [6, 6.07) is 20.5. The molecule has 1 fully saturated rings. The fraction of sp³-hybridized carbons (Fsp3) is 0.174. The fourth-order valence-corrected chi connectivity index (χ4v) is 4.43. The summed E-state index contributed by atoms with van der Waals surface area (Å²) in [4.78, 5) is 12.9. The molecule has 29 heavy (non-hydrogen) atoms. The third-order valence-electron chi connectivity index (χ3n) is 5.11. The first kappa shape index (κ1) is 18.1. The van der Waals surface area contributed by atoms with Gasteiger partial charge in [-0.15, -0.1) is 10.2 Å². The monoisotopic (exact) mass is 403 g/mol. The Labute approximate surface area is 171 Å². The van der Waals surface area contributed by atoms with Gasteiger partial charge in [-0.25, -0.2) is 4.39 Å². The lowest BCUT2D eigenvalue weighted by Crippen LogP contribution is -2.06. The van der Waals surface area contributed by atoms with Crippen LogP contribution in [0.25, 0.3) is 22.2 Å². The van der Waals surface area contributed by atoms with Crippen LogP contribution >= 0.6 is 11.8 Å². The molecule has 1 aliphatic rings. The average Bonchev–Trinajstić information content (AvgIpc) is 3.51. The second-order valence-electron chi connectivity index (χ2n) is 7.13. The van der Waals surface area contributed by atoms with E-state index < -0.39 is 0 Å². The van der Waals surface area contributed by atoms with Crippen molar-refractivity contribution < 1.29 is 9.18 Å². The molecule has 0 atom stereocenters. The summed E-state index contributed by atoms with van der Waals surface area (Å²) in [7, 11) is 0. The Balaban J connectivity index is 1.43. The number of hydrogen-bond acceptors (Lipinski definition) is 4. The van der Waals surface area contributed by atoms with Crippen molar-refractivity contribution in [2.75, 3.05) is 5.75 Å². The van der Waals surface area contributed by atoms with Crippen LogP contribution in [0.1, 0.15) is 29.2 Å². The second kappa shape index (κ2) is 7.44. The Morgan fingerprint density at radius 3 is 2.59 bits per heavy atom. The maximum atomic E-state index is 14.3. The quantitative estimate of drug-likeness (QED) is 0.313. The van der Waals surface area contributed by atoms with E-state index in [2.05, 4.69) is 10.2 Å². The number of carbonyl (C=O) groups is 1. The maximum Gasteiger partial charge on any atom is 0.192 e. The van der Waals surface area contributed by atoms with Gasteiger partial charge in [0.15, 0.2) is 16.8 Å². The Kier molecular flexibility index (Phi) is 4.64. The lowest BCUT2D eigenvalue weighted by molar-refractivity contribution is 0.102. The van der Waals surface area contributed by atoms with Crippen LogP contribution in [0.15, 0.2) is 71.9 Å². The van der Waals surface area contributed by atoms with Crippen molar-refractivity contribution in [3.05, 3.63) is 78.1 Å². The van der Waals surface area contributed by atoms with Gasteiger partial charge in [-0.3, -0.25) is 9.36 Å². The van der Waals surface area contributed by atoms with Gasteiger partial charge in [-0.2, -0.15) is 0 Å². The van der Waals surface area contributed by atoms with Crippen molar-refractivity contribution in [3.8, 4) is 11.4 Å². The van der Waals surface area contributed by atoms with E-state index in [4.69, 9.17) is 0 Å². The van der Waals surface area contributed by atoms with Crippen LogP contribution in [0.3, 0.4) is 0 Å². The van der Waals surface area contributed by atoms with Crippen molar-refractivity contribution in [1.82, 2.24) is 14.8 Å². The molecule has 0 amide bonds. The van der Waals surface area contributed by atoms with Gasteiger partial charge in [0.25, 0.3) is 0 Å². The van der Waals surface area contributed by atoms with E-state index in [1.54, 1.807) is 18.2 Å². The molecule has 0 spiro atoms. The van der Waals surface area contributed by atoms with Gasteiger partial charge in [0.2, 0.25) is 0 Å². The van der Waals surface area contributed by atoms with E-state index in [-0.39, 0.29) is 23.4 Å². The molecular formula is C23H18FN3OS. The summed E-state index contributed by atoms with van der Waals surface area (Å²) in [5, 5.41) is 11.2. The van der Waals surface area contributed by atoms with E-state index >= 15 is 0 Å². The number of carbonyl (C=O) groups excluding carboxylic acids is 1. The van der Waals surface area contributed by atoms with Gasteiger partial charge >= 0.3 is 0 Å². The third kappa shape index (κ3) is 3.44. The average molecular weight is 403 g/mol. The minimum absolute atomic E-state index is 0.0459. The molecule has 0 bridgehead atoms. The number of halogens is 1. The molecule has 0 radical (unpaired) electrons. The molecule has 1 saturated carbocycles. The number of fused-ring (bicyclic) bond motifs is 1. The summed E-state index contributed by atoms with van der Waals surface area (Å²) in [5.41, 5.74) is 1.15. The van der Waals surface area contributed by atoms with Gasteiger partial charge in [0.1, 0.15) is 5.82 Å². The van der Waals surface area contributed by atoms with Crippen LogP contribution in [0, 0.1) is 5.82 Å². The van der Waals surface area contributed by atoms with Gasteiger partial charge in [0, 0.05) is 11.6 Å². The Hall–Kier alpha value is -2.99. The van der Waals surface area contributed by atoms with Crippen LogP contribution in [0.5, 0.6) is 0 Å². The minimum Gasteiger partial charge on any atom is -0.299 e. The zero-order chi connectivity index (χ0) is 19.8. The third-order valence-corrected chi connectivity index (χ3v) is 6.06. The molecule has 4 nitrogen and oxygen atoms in total. The smallest absolute Gasteiger partial charge is 0.192 e. The number of rotatable bonds is 6. The number of hydrogen-bond donors (Lipinski definition) is 0. The molecular weight excluding hydrogens is 385 g/mol. The van der Waals surface area contributed by atoms with Gasteiger partial charge < -0.3 is 0 Å². The summed E-state index contributed by atoms with van der Waals surface area (Å²) in [5.74, 6) is 0.524. The first-order valence-corrected chi connectivity index (χ1v) is 10.5. The zero-order valence-corrected chi connectivity index (χ0v) is 16.4. The maximum absolute atomic E-state index is 14.3. The molecule has 1 heterocycles. The van der Waals surface area contributed by atoms with Crippen LogP contribution in [-0.2, 0) is 0 Å². The van der Waals surface area contributed by atoms with E-state index in [0.717, 1.165) is 23.6 Å². The van der Waals surface area contributed by atoms with E-state index in [0.29, 0.717) is 22.1 Å². The molecule has 6 heteroatoms. The molecule has 0 aliphatic heterocycles. The largest absolute Gasteiger partial charge is 0.299 e. The second-order valence-corrected chi connectivity index (χ2v) is 8.07. The SMILES string of the molecule is O=C(CSc1nnc(-c2ccccc2F)n1C1CC1)c1cccc2ccccc12. The van der Waals surface area contributed by atoms with Crippen molar-refractivity contribution in [3.63, 3.8) is 0 Å². The lowest BCUT2D eigenvalue weighted by atomic mass is 10.0. The molecule has 0 saturated heterocycles. The molecule has 3 aromatic carbocycles. The van der Waals surface area contributed by atoms with Crippen molar-refractivity contribution in [2.24, 2.45) is 0 Å². The van der Waals surface area contributed by atoms with Crippen LogP contribution in [-0.4, -0.2) is 26.3 Å². The van der Waals surface area contributed by atoms with E-state index in [1.165, 1.54) is 17.8 Å². The first-order valence-electron chi connectivity index (χ1n) is 9.56. The molecule has 1 aliphatic carbocycles. The highest BCUT2D eigenvalue weighted by Gasteiger charge is 2.31. The lowest BCUT2D eigenvalue weighted by Gasteiger charge is -2.09. The topological polar surface area (TPSA) is 47.8 Å². The predicted octanol–water partition coefficient (Wildman–Crippen LogP) is 5.55. The number of aromatic nitrogens is 3. The molecule has 1 aromatic heterocycles. The van der Waals surface area contributed by atoms with Crippen molar-refractivity contribution >= 4 is 28.3 Å². The fourth-order valence-electron chi connectivity index (χ4n) is 3.54. The summed E-state index contributed by atoms with van der Waals surface area (Å²) in [6.45, 7) is 0. The number of nitrogens with zero attached hydrogens (tertiary/aromatic N) is 3. The van der Waals surface area contributed by atoms with Gasteiger partial charge in [-0.05, 0) is 35.7 Å². The standard InChI is InChI=1S/C23H18FN3OS/c24-20-11-4-3-9-19(20)22-25-26-23(27(22)16-12-13-16)29-14-21(28)18-10-5-7-15-6-1-2-8-17(15)18/h1-11,16H,12-14H2.